The summed E-state index contributed by atoms with van der Waals surface area (Å²) in [4.78, 5) is 48.5. The van der Waals surface area contributed by atoms with Gasteiger partial charge >= 0.3 is 0 Å². The van der Waals surface area contributed by atoms with Gasteiger partial charge in [-0.25, -0.2) is 0 Å². The number of hydrogen-bond acceptors (Lipinski definition) is 6. The van der Waals surface area contributed by atoms with Gasteiger partial charge in [0.15, 0.2) is 0 Å². The number of fused-ring (bicyclic) bond motifs is 1. The number of hydrogen-bond donors (Lipinski definition) is 1. The van der Waals surface area contributed by atoms with E-state index in [9.17, 15) is 19.5 Å². The van der Waals surface area contributed by atoms with Crippen LogP contribution in [0.15, 0.2) is 49.6 Å². The van der Waals surface area contributed by atoms with Crippen LogP contribution in [0.1, 0.15) is 59.3 Å². The lowest BCUT2D eigenvalue weighted by Gasteiger charge is -2.39. The smallest absolute Gasteiger partial charge is 0.247 e. The Balaban J connectivity index is 1.68. The fraction of sp³-hybridized carbons (Fsp3) is 0.606. The van der Waals surface area contributed by atoms with Crippen LogP contribution in [0, 0.1) is 11.8 Å². The average Bonchev–Trinajstić information content (AvgIpc) is 3.62. The molecule has 3 saturated heterocycles. The number of nitrogens with zero attached hydrogens (tertiary/aromatic N) is 3. The Kier molecular flexibility index (Phi) is 10.8. The molecule has 1 spiro atoms. The second kappa shape index (κ2) is 14.1. The summed E-state index contributed by atoms with van der Waals surface area (Å²) in [5.74, 6) is -0.530. The molecular formula is C33H47N3O5S. The number of unbranched alkanes of at least 4 members (excludes halogenated alkanes) is 3. The molecule has 2 bridgehead atoms. The van der Waals surface area contributed by atoms with E-state index in [2.05, 4.69) is 13.2 Å². The number of carbonyl (C=O) groups is 3. The minimum Gasteiger partial charge on any atom is -0.494 e. The number of aliphatic hydroxyl groups excluding tert-OH is 1. The highest BCUT2D eigenvalue weighted by molar-refractivity contribution is 8.02. The van der Waals surface area contributed by atoms with Crippen LogP contribution < -0.4 is 9.64 Å². The van der Waals surface area contributed by atoms with Crippen molar-refractivity contribution >= 4 is 35.2 Å². The molecule has 3 amide bonds. The van der Waals surface area contributed by atoms with Gasteiger partial charge in [-0.2, -0.15) is 0 Å². The second-order valence-corrected chi connectivity index (χ2v) is 13.4. The van der Waals surface area contributed by atoms with Crippen molar-refractivity contribution in [1.29, 1.82) is 0 Å². The lowest BCUT2D eigenvalue weighted by atomic mass is 9.70. The van der Waals surface area contributed by atoms with E-state index in [1.165, 1.54) is 0 Å². The third kappa shape index (κ3) is 6.00. The Labute approximate surface area is 255 Å². The molecule has 3 aliphatic rings. The monoisotopic (exact) mass is 597 g/mol. The van der Waals surface area contributed by atoms with E-state index in [0.717, 1.165) is 50.0 Å². The summed E-state index contributed by atoms with van der Waals surface area (Å²) < 4.78 is 4.96. The van der Waals surface area contributed by atoms with Crippen molar-refractivity contribution < 1.29 is 24.2 Å². The number of benzene rings is 1. The molecule has 9 heteroatoms. The molecule has 3 aliphatic heterocycles. The second-order valence-electron chi connectivity index (χ2n) is 11.8. The van der Waals surface area contributed by atoms with E-state index in [-0.39, 0.29) is 35.6 Å². The lowest BCUT2D eigenvalue weighted by Crippen LogP contribution is -2.56. The number of likely N-dealkylation sites (tertiary alicyclic amines) is 1. The van der Waals surface area contributed by atoms with Crippen molar-refractivity contribution in [2.45, 2.75) is 81.4 Å². The van der Waals surface area contributed by atoms with Gasteiger partial charge in [0.05, 0.1) is 23.2 Å². The summed E-state index contributed by atoms with van der Waals surface area (Å²) >= 11 is 1.70. The van der Waals surface area contributed by atoms with E-state index in [0.29, 0.717) is 26.2 Å². The fourth-order valence-corrected chi connectivity index (χ4v) is 9.28. The predicted molar refractivity (Wildman–Crippen MR) is 169 cm³/mol. The van der Waals surface area contributed by atoms with Crippen molar-refractivity contribution in [2.75, 3.05) is 37.7 Å². The van der Waals surface area contributed by atoms with Gasteiger partial charge in [-0.15, -0.1) is 24.9 Å². The molecule has 3 heterocycles. The molecule has 42 heavy (non-hydrogen) atoms. The molecule has 5 atom stereocenters. The normalized spacial score (nSPS) is 25.9. The first-order valence-corrected chi connectivity index (χ1v) is 16.3. The van der Waals surface area contributed by atoms with Gasteiger partial charge in [-0.1, -0.05) is 25.0 Å². The molecule has 0 radical (unpaired) electrons. The Bertz CT molecular complexity index is 1140. The molecule has 4 rings (SSSR count). The van der Waals surface area contributed by atoms with Crippen molar-refractivity contribution in [3.05, 3.63) is 49.6 Å². The third-order valence-electron chi connectivity index (χ3n) is 8.90. The van der Waals surface area contributed by atoms with Gasteiger partial charge in [0, 0.05) is 43.2 Å². The van der Waals surface area contributed by atoms with Crippen molar-refractivity contribution in [3.63, 3.8) is 0 Å². The van der Waals surface area contributed by atoms with Crippen LogP contribution in [0.25, 0.3) is 0 Å². The first-order valence-electron chi connectivity index (χ1n) is 15.4. The third-order valence-corrected chi connectivity index (χ3v) is 10.8. The minimum absolute atomic E-state index is 0.0182. The number of thioether (sulfide) groups is 1. The van der Waals surface area contributed by atoms with Gasteiger partial charge in [-0.3, -0.25) is 14.4 Å². The lowest BCUT2D eigenvalue weighted by molar-refractivity contribution is -0.143. The Hall–Kier alpha value is -2.78. The van der Waals surface area contributed by atoms with Crippen LogP contribution in [0.3, 0.4) is 0 Å². The van der Waals surface area contributed by atoms with Gasteiger partial charge in [0.2, 0.25) is 17.7 Å². The summed E-state index contributed by atoms with van der Waals surface area (Å²) in [7, 11) is 0. The van der Waals surface area contributed by atoms with Crippen LogP contribution in [0.4, 0.5) is 5.69 Å². The Morgan fingerprint density at radius 2 is 1.81 bits per heavy atom. The Morgan fingerprint density at radius 1 is 1.12 bits per heavy atom. The van der Waals surface area contributed by atoms with E-state index in [1.807, 2.05) is 49.9 Å². The highest BCUT2D eigenvalue weighted by atomic mass is 32.2. The summed E-state index contributed by atoms with van der Waals surface area (Å²) in [6, 6.07) is 6.80. The van der Waals surface area contributed by atoms with E-state index in [4.69, 9.17) is 4.74 Å². The van der Waals surface area contributed by atoms with Crippen molar-refractivity contribution in [3.8, 4) is 5.75 Å². The number of rotatable bonds is 16. The molecule has 3 fully saturated rings. The first kappa shape index (κ1) is 32.1. The van der Waals surface area contributed by atoms with Gasteiger partial charge in [-0.05, 0) is 70.7 Å². The van der Waals surface area contributed by atoms with E-state index in [1.54, 1.807) is 33.7 Å². The number of anilines is 1. The molecule has 8 nitrogen and oxygen atoms in total. The fourth-order valence-electron chi connectivity index (χ4n) is 7.07. The molecule has 0 aromatic heterocycles. The van der Waals surface area contributed by atoms with Crippen LogP contribution in [0.5, 0.6) is 5.75 Å². The summed E-state index contributed by atoms with van der Waals surface area (Å²) in [6.45, 7) is 15.6. The minimum atomic E-state index is -0.628. The number of aliphatic hydroxyl groups is 1. The SMILES string of the molecule is C=CCN(C(=O)[C@@H]1[C@@H]2CCC3(S2)C(C(=O)N(CC=C)C(C)C)N(CCCCCCO)C(=O)[C@H]13)c1ccc(OCC)cc1. The van der Waals surface area contributed by atoms with Crippen LogP contribution in [0.2, 0.25) is 0 Å². The van der Waals surface area contributed by atoms with Crippen LogP contribution in [-0.4, -0.2) is 87.6 Å². The standard InChI is InChI=1S/C33H47N3O5S/c1-6-19-34(23(4)5)32(40)29-33-18-17-26(42-33)27(28(33)31(39)36(29)21-11-9-10-12-22-37)30(38)35(20-7-2)24-13-15-25(16-14-24)41-8-3/h6-7,13-16,23,26-29,37H,1-2,8-12,17-22H2,3-5H3/t26-,27+,28-,29?,33?/m0/s1. The molecule has 2 unspecified atom stereocenters. The van der Waals surface area contributed by atoms with Gasteiger partial charge in [0.1, 0.15) is 11.8 Å². The topological polar surface area (TPSA) is 90.4 Å². The highest BCUT2D eigenvalue weighted by Gasteiger charge is 2.74. The van der Waals surface area contributed by atoms with Crippen molar-refractivity contribution in [2.24, 2.45) is 11.8 Å². The molecule has 0 aliphatic carbocycles. The molecular weight excluding hydrogens is 550 g/mol. The predicted octanol–water partition coefficient (Wildman–Crippen LogP) is 4.67. The first-order chi connectivity index (χ1) is 20.2. The number of amides is 3. The molecule has 1 aromatic rings. The largest absolute Gasteiger partial charge is 0.494 e. The molecule has 1 aromatic carbocycles. The van der Waals surface area contributed by atoms with Crippen LogP contribution >= 0.6 is 11.8 Å². The zero-order chi connectivity index (χ0) is 30.4. The maximum atomic E-state index is 14.4. The summed E-state index contributed by atoms with van der Waals surface area (Å²) in [5, 5.41) is 9.17. The Morgan fingerprint density at radius 3 is 2.43 bits per heavy atom. The van der Waals surface area contributed by atoms with Crippen LogP contribution in [-0.2, 0) is 14.4 Å². The quantitative estimate of drug-likeness (QED) is 0.220. The maximum Gasteiger partial charge on any atom is 0.247 e. The summed E-state index contributed by atoms with van der Waals surface area (Å²) in [6.07, 6.45) is 8.20. The van der Waals surface area contributed by atoms with E-state index >= 15 is 0 Å². The average molecular weight is 598 g/mol. The molecule has 1 N–H and O–H groups in total. The molecule has 230 valence electrons. The van der Waals surface area contributed by atoms with Gasteiger partial charge < -0.3 is 24.5 Å². The zero-order valence-electron chi connectivity index (χ0n) is 25.4. The maximum absolute atomic E-state index is 14.4. The molecule has 0 saturated carbocycles. The van der Waals surface area contributed by atoms with E-state index < -0.39 is 22.6 Å². The van der Waals surface area contributed by atoms with Crippen molar-refractivity contribution in [1.82, 2.24) is 9.80 Å². The number of ether oxygens (including phenoxy) is 1. The van der Waals surface area contributed by atoms with Gasteiger partial charge in [0.25, 0.3) is 0 Å². The zero-order valence-corrected chi connectivity index (χ0v) is 26.2. The number of carbonyl (C=O) groups excluding carboxylic acids is 3. The highest BCUT2D eigenvalue weighted by Crippen LogP contribution is 2.66. The summed E-state index contributed by atoms with van der Waals surface area (Å²) in [5.41, 5.74) is 0.737.